The lowest BCUT2D eigenvalue weighted by atomic mass is 9.84. The molecule has 0 aromatic heterocycles. The van der Waals surface area contributed by atoms with E-state index in [9.17, 15) is 21.6 Å². The maximum absolute atomic E-state index is 13.1. The highest BCUT2D eigenvalue weighted by Crippen LogP contribution is 2.47. The molecule has 0 unspecified atom stereocenters. The lowest BCUT2D eigenvalue weighted by molar-refractivity contribution is -0.0513. The predicted molar refractivity (Wildman–Crippen MR) is 111 cm³/mol. The van der Waals surface area contributed by atoms with Gasteiger partial charge in [0.15, 0.2) is 17.1 Å². The summed E-state index contributed by atoms with van der Waals surface area (Å²) in [4.78, 5) is 0. The van der Waals surface area contributed by atoms with Gasteiger partial charge in [-0.3, -0.25) is 0 Å². The van der Waals surface area contributed by atoms with Crippen molar-refractivity contribution in [2.24, 2.45) is 0 Å². The second kappa shape index (κ2) is 8.10. The van der Waals surface area contributed by atoms with Crippen molar-refractivity contribution < 1.29 is 34.9 Å². The fourth-order valence-corrected chi connectivity index (χ4v) is 4.31. The van der Waals surface area contributed by atoms with Crippen LogP contribution in [0.2, 0.25) is 13.1 Å². The molecule has 10 heteroatoms. The number of benzene rings is 1. The molecular formula is C20H28F3O5SSi. The molecule has 1 aliphatic heterocycles. The number of halogens is 3. The molecule has 1 heterocycles. The summed E-state index contributed by atoms with van der Waals surface area (Å²) in [6.07, 6.45) is 0.707. The van der Waals surface area contributed by atoms with Gasteiger partial charge < -0.3 is 13.3 Å². The zero-order valence-electron chi connectivity index (χ0n) is 18.2. The topological polar surface area (TPSA) is 61.8 Å². The van der Waals surface area contributed by atoms with Crippen molar-refractivity contribution in [3.8, 4) is 5.75 Å². The van der Waals surface area contributed by atoms with Gasteiger partial charge in [-0.15, -0.1) is 0 Å². The molecule has 0 fully saturated rings. The van der Waals surface area contributed by atoms with Crippen LogP contribution >= 0.6 is 0 Å². The Balaban J connectivity index is 2.84. The van der Waals surface area contributed by atoms with Crippen molar-refractivity contribution in [3.63, 3.8) is 0 Å². The molecule has 0 saturated heterocycles. The second-order valence-electron chi connectivity index (χ2n) is 8.42. The molecule has 2 rings (SSSR count). The van der Waals surface area contributed by atoms with Gasteiger partial charge >= 0.3 is 15.6 Å². The third-order valence-electron chi connectivity index (χ3n) is 4.94. The molecule has 0 N–H and O–H groups in total. The minimum atomic E-state index is -5.90. The molecule has 0 saturated carbocycles. The largest absolute Gasteiger partial charge is 0.540 e. The highest BCUT2D eigenvalue weighted by atomic mass is 32.2. The Morgan fingerprint density at radius 3 is 2.10 bits per heavy atom. The fourth-order valence-electron chi connectivity index (χ4n) is 3.15. The number of alkyl halides is 3. The summed E-state index contributed by atoms with van der Waals surface area (Å²) in [5, 5.41) is 0. The minimum absolute atomic E-state index is 0.00442. The minimum Gasteiger partial charge on any atom is -0.540 e. The Morgan fingerprint density at radius 1 is 1.10 bits per heavy atom. The van der Waals surface area contributed by atoms with Crippen LogP contribution < -0.4 is 4.74 Å². The maximum atomic E-state index is 13.1. The quantitative estimate of drug-likeness (QED) is 0.305. The van der Waals surface area contributed by atoms with Crippen molar-refractivity contribution in [3.05, 3.63) is 35.1 Å². The van der Waals surface area contributed by atoms with E-state index in [0.29, 0.717) is 12.8 Å². The number of rotatable bonds is 6. The monoisotopic (exact) mass is 465 g/mol. The maximum Gasteiger partial charge on any atom is 0.534 e. The molecule has 1 radical (unpaired) electrons. The van der Waals surface area contributed by atoms with Gasteiger partial charge in [0.25, 0.3) is 9.04 Å². The van der Waals surface area contributed by atoms with Crippen LogP contribution in [-0.4, -0.2) is 28.6 Å². The van der Waals surface area contributed by atoms with Crippen molar-refractivity contribution in [1.29, 1.82) is 0 Å². The molecule has 5 nitrogen and oxygen atoms in total. The first-order valence-corrected chi connectivity index (χ1v) is 13.5. The molecule has 30 heavy (non-hydrogen) atoms. The summed E-state index contributed by atoms with van der Waals surface area (Å²) in [7, 11) is -7.37. The summed E-state index contributed by atoms with van der Waals surface area (Å²) >= 11 is 0. The van der Waals surface area contributed by atoms with E-state index >= 15 is 0 Å². The third-order valence-corrected chi connectivity index (χ3v) is 6.51. The van der Waals surface area contributed by atoms with Crippen LogP contribution in [0.3, 0.4) is 0 Å². The van der Waals surface area contributed by atoms with Crippen LogP contribution in [0.5, 0.6) is 5.75 Å². The molecule has 169 valence electrons. The zero-order valence-corrected chi connectivity index (χ0v) is 20.0. The summed E-state index contributed by atoms with van der Waals surface area (Å²) in [6.45, 7) is 13.2. The van der Waals surface area contributed by atoms with E-state index in [1.165, 1.54) is 6.07 Å². The van der Waals surface area contributed by atoms with Crippen LogP contribution in [0.25, 0.3) is 5.76 Å². The summed E-state index contributed by atoms with van der Waals surface area (Å²) < 4.78 is 80.1. The first-order chi connectivity index (χ1) is 13.6. The van der Waals surface area contributed by atoms with Crippen molar-refractivity contribution >= 4 is 24.9 Å². The van der Waals surface area contributed by atoms with Gasteiger partial charge in [-0.1, -0.05) is 40.7 Å². The highest BCUT2D eigenvalue weighted by Gasteiger charge is 2.52. The van der Waals surface area contributed by atoms with Crippen LogP contribution in [-0.2, 0) is 24.1 Å². The van der Waals surface area contributed by atoms with Gasteiger partial charge in [-0.05, 0) is 49.0 Å². The van der Waals surface area contributed by atoms with E-state index < -0.39 is 36.0 Å². The lowest BCUT2D eigenvalue weighted by Crippen LogP contribution is -2.43. The molecule has 1 aromatic rings. The highest BCUT2D eigenvalue weighted by molar-refractivity contribution is 7.87. The van der Waals surface area contributed by atoms with Gasteiger partial charge in [0, 0.05) is 0 Å². The standard InChI is InChI=1S/C20H28F3O5SSi/c1-8-19(9-2)17(28-30(6)7)16(27-29(24,25)20(21,22)23)14-11-10-13(18(3,4)5)12-15(14)26-19/h10-12H,8-9H2,1-7H3. The number of hydrogen-bond acceptors (Lipinski definition) is 5. The SMILES string of the molecule is CCC1(CC)Oc2cc(C(C)(C)C)ccc2C(OS(=O)(=O)C(F)(F)F)=C1O[Si](C)C. The van der Waals surface area contributed by atoms with E-state index in [2.05, 4.69) is 0 Å². The molecular weight excluding hydrogens is 437 g/mol. The number of ether oxygens (including phenoxy) is 1. The van der Waals surface area contributed by atoms with E-state index in [4.69, 9.17) is 13.3 Å². The average molecular weight is 466 g/mol. The van der Waals surface area contributed by atoms with Crippen molar-refractivity contribution in [1.82, 2.24) is 0 Å². The van der Waals surface area contributed by atoms with Crippen LogP contribution in [0.1, 0.15) is 58.6 Å². The fraction of sp³-hybridized carbons (Fsp3) is 0.600. The van der Waals surface area contributed by atoms with Crippen molar-refractivity contribution in [2.45, 2.75) is 77.1 Å². The Labute approximate surface area is 178 Å². The second-order valence-corrected chi connectivity index (χ2v) is 12.0. The molecule has 0 aliphatic carbocycles. The molecule has 0 bridgehead atoms. The molecule has 0 amide bonds. The number of fused-ring (bicyclic) bond motifs is 1. The molecule has 0 atom stereocenters. The van der Waals surface area contributed by atoms with Crippen molar-refractivity contribution in [2.75, 3.05) is 0 Å². The van der Waals surface area contributed by atoms with Gasteiger partial charge in [0.1, 0.15) is 5.75 Å². The Morgan fingerprint density at radius 2 is 1.67 bits per heavy atom. The predicted octanol–water partition coefficient (Wildman–Crippen LogP) is 5.74. The van der Waals surface area contributed by atoms with E-state index in [-0.39, 0.29) is 22.5 Å². The first kappa shape index (κ1) is 24.6. The average Bonchev–Trinajstić information content (AvgIpc) is 2.60. The van der Waals surface area contributed by atoms with Crippen LogP contribution in [0, 0.1) is 0 Å². The van der Waals surface area contributed by atoms with Gasteiger partial charge in [-0.2, -0.15) is 21.6 Å². The van der Waals surface area contributed by atoms with Crippen LogP contribution in [0.4, 0.5) is 13.2 Å². The molecule has 1 aliphatic rings. The Kier molecular flexibility index (Phi) is 6.64. The van der Waals surface area contributed by atoms with Gasteiger partial charge in [-0.25, -0.2) is 0 Å². The van der Waals surface area contributed by atoms with Crippen LogP contribution in [0.15, 0.2) is 24.0 Å². The Bertz CT molecular complexity index is 927. The zero-order chi connectivity index (χ0) is 23.1. The third kappa shape index (κ3) is 4.64. The van der Waals surface area contributed by atoms with Gasteiger partial charge in [0.05, 0.1) is 5.56 Å². The molecule has 0 spiro atoms. The van der Waals surface area contributed by atoms with E-state index in [1.54, 1.807) is 39.1 Å². The summed E-state index contributed by atoms with van der Waals surface area (Å²) in [5.74, 6) is -0.189. The normalized spacial score (nSPS) is 16.9. The summed E-state index contributed by atoms with van der Waals surface area (Å²) in [5.41, 5.74) is -5.95. The van der Waals surface area contributed by atoms with E-state index in [1.807, 2.05) is 20.8 Å². The molecule has 1 aromatic carbocycles. The Hall–Kier alpha value is -1.68. The smallest absolute Gasteiger partial charge is 0.534 e. The van der Waals surface area contributed by atoms with E-state index in [0.717, 1.165) is 5.56 Å². The summed E-state index contributed by atoms with van der Waals surface area (Å²) in [6, 6.07) is 4.96. The first-order valence-electron chi connectivity index (χ1n) is 9.65. The van der Waals surface area contributed by atoms with Gasteiger partial charge in [0.2, 0.25) is 0 Å². The lowest BCUT2D eigenvalue weighted by Gasteiger charge is -2.40. The number of hydrogen-bond donors (Lipinski definition) is 0.